The van der Waals surface area contributed by atoms with Crippen LogP contribution >= 0.6 is 0 Å². The van der Waals surface area contributed by atoms with Crippen LogP contribution in [0.15, 0.2) is 50.8 Å². The minimum Gasteiger partial charge on any atom is -0.355 e. The molecule has 0 unspecified atom stereocenters. The van der Waals surface area contributed by atoms with E-state index in [4.69, 9.17) is 4.52 Å². The number of para-hydroxylation sites is 1. The topological polar surface area (TPSA) is 87.0 Å². The fourth-order valence-electron chi connectivity index (χ4n) is 2.61. The molecule has 2 aromatic heterocycles. The zero-order chi connectivity index (χ0) is 15.1. The minimum atomic E-state index is -0.212. The summed E-state index contributed by atoms with van der Waals surface area (Å²) in [6.45, 7) is 1.93. The van der Waals surface area contributed by atoms with Gasteiger partial charge in [-0.2, -0.15) is 0 Å². The van der Waals surface area contributed by atoms with E-state index in [1.807, 2.05) is 37.3 Å². The second kappa shape index (κ2) is 4.70. The third kappa shape index (κ3) is 1.85. The van der Waals surface area contributed by atoms with Crippen molar-refractivity contribution in [1.82, 2.24) is 15.4 Å². The summed E-state index contributed by atoms with van der Waals surface area (Å²) >= 11 is 0. The molecule has 3 heterocycles. The number of H-pyrrole nitrogens is 2. The van der Waals surface area contributed by atoms with Gasteiger partial charge in [0.25, 0.3) is 5.56 Å². The first-order chi connectivity index (χ1) is 10.7. The highest BCUT2D eigenvalue weighted by Crippen LogP contribution is 2.36. The van der Waals surface area contributed by atoms with E-state index in [0.29, 0.717) is 17.0 Å². The molecule has 3 aromatic rings. The SMILES string of the molecule is CC1=Nc2ccccc2C1=Cc1c(-c2ccno2)[nH][nH]c1=O. The lowest BCUT2D eigenvalue weighted by Gasteiger charge is -2.01. The molecule has 0 fully saturated rings. The highest BCUT2D eigenvalue weighted by Gasteiger charge is 2.20. The van der Waals surface area contributed by atoms with Gasteiger partial charge in [0.1, 0.15) is 5.69 Å². The molecule has 0 aliphatic carbocycles. The van der Waals surface area contributed by atoms with E-state index in [1.165, 1.54) is 6.20 Å². The quantitative estimate of drug-likeness (QED) is 0.761. The summed E-state index contributed by atoms with van der Waals surface area (Å²) in [7, 11) is 0. The van der Waals surface area contributed by atoms with Gasteiger partial charge in [0, 0.05) is 22.9 Å². The van der Waals surface area contributed by atoms with Crippen molar-refractivity contribution in [2.75, 3.05) is 0 Å². The first-order valence-electron chi connectivity index (χ1n) is 6.82. The number of aromatic amines is 2. The molecule has 0 spiro atoms. The Hall–Kier alpha value is -3.15. The van der Waals surface area contributed by atoms with Crippen molar-refractivity contribution >= 4 is 23.0 Å². The smallest absolute Gasteiger partial charge is 0.271 e. The van der Waals surface area contributed by atoms with Crippen LogP contribution in [0.3, 0.4) is 0 Å². The molecular weight excluding hydrogens is 280 g/mol. The van der Waals surface area contributed by atoms with Crippen LogP contribution in [0, 0.1) is 0 Å². The van der Waals surface area contributed by atoms with Gasteiger partial charge in [-0.3, -0.25) is 20.0 Å². The lowest BCUT2D eigenvalue weighted by atomic mass is 10.0. The van der Waals surface area contributed by atoms with E-state index in [1.54, 1.807) is 6.07 Å². The van der Waals surface area contributed by atoms with Crippen molar-refractivity contribution in [3.63, 3.8) is 0 Å². The second-order valence-corrected chi connectivity index (χ2v) is 5.02. The maximum Gasteiger partial charge on any atom is 0.271 e. The summed E-state index contributed by atoms with van der Waals surface area (Å²) in [6.07, 6.45) is 3.37. The fraction of sp³-hybridized carbons (Fsp3) is 0.0625. The highest BCUT2D eigenvalue weighted by atomic mass is 16.5. The number of aromatic nitrogens is 3. The molecule has 0 saturated heterocycles. The van der Waals surface area contributed by atoms with Crippen molar-refractivity contribution in [3.05, 3.63) is 58.0 Å². The van der Waals surface area contributed by atoms with Gasteiger partial charge >= 0.3 is 0 Å². The van der Waals surface area contributed by atoms with Gasteiger partial charge in [0.15, 0.2) is 5.76 Å². The van der Waals surface area contributed by atoms with Crippen molar-refractivity contribution in [3.8, 4) is 11.5 Å². The Bertz CT molecular complexity index is 958. The van der Waals surface area contributed by atoms with Crippen LogP contribution < -0.4 is 5.56 Å². The van der Waals surface area contributed by atoms with Gasteiger partial charge < -0.3 is 4.52 Å². The Kier molecular flexibility index (Phi) is 2.69. The number of aliphatic imine (C=N–C) groups is 1. The third-order valence-corrected chi connectivity index (χ3v) is 3.66. The maximum absolute atomic E-state index is 12.1. The molecule has 1 aromatic carbocycles. The van der Waals surface area contributed by atoms with Gasteiger partial charge in [0.05, 0.1) is 17.4 Å². The fourth-order valence-corrected chi connectivity index (χ4v) is 2.61. The molecular formula is C16H12N4O2. The average molecular weight is 292 g/mol. The monoisotopic (exact) mass is 292 g/mol. The van der Waals surface area contributed by atoms with Crippen molar-refractivity contribution in [2.24, 2.45) is 4.99 Å². The maximum atomic E-state index is 12.1. The normalized spacial score (nSPS) is 15.1. The first-order valence-corrected chi connectivity index (χ1v) is 6.82. The molecule has 0 atom stereocenters. The van der Waals surface area contributed by atoms with Gasteiger partial charge in [-0.05, 0) is 19.1 Å². The first kappa shape index (κ1) is 12.6. The van der Waals surface area contributed by atoms with Crippen LogP contribution in [0.5, 0.6) is 0 Å². The van der Waals surface area contributed by atoms with E-state index < -0.39 is 0 Å². The van der Waals surface area contributed by atoms with Gasteiger partial charge in [-0.1, -0.05) is 23.4 Å². The van der Waals surface area contributed by atoms with Crippen molar-refractivity contribution < 1.29 is 4.52 Å². The van der Waals surface area contributed by atoms with Crippen LogP contribution in [-0.2, 0) is 0 Å². The Morgan fingerprint density at radius 3 is 2.86 bits per heavy atom. The van der Waals surface area contributed by atoms with Gasteiger partial charge in [0.2, 0.25) is 0 Å². The summed E-state index contributed by atoms with van der Waals surface area (Å²) < 4.78 is 5.13. The Labute approximate surface area is 125 Å². The number of fused-ring (bicyclic) bond motifs is 1. The highest BCUT2D eigenvalue weighted by molar-refractivity contribution is 6.31. The van der Waals surface area contributed by atoms with Crippen LogP contribution in [0.1, 0.15) is 18.1 Å². The molecule has 6 nitrogen and oxygen atoms in total. The zero-order valence-corrected chi connectivity index (χ0v) is 11.8. The summed E-state index contributed by atoms with van der Waals surface area (Å²) in [5, 5.41) is 9.10. The molecule has 2 N–H and O–H groups in total. The number of nitrogens with one attached hydrogen (secondary N) is 2. The Morgan fingerprint density at radius 2 is 2.05 bits per heavy atom. The number of hydrogen-bond donors (Lipinski definition) is 2. The molecule has 0 radical (unpaired) electrons. The molecule has 1 aliphatic heterocycles. The zero-order valence-electron chi connectivity index (χ0n) is 11.8. The van der Waals surface area contributed by atoms with E-state index in [2.05, 4.69) is 20.3 Å². The summed E-state index contributed by atoms with van der Waals surface area (Å²) in [6, 6.07) is 9.56. The van der Waals surface area contributed by atoms with E-state index >= 15 is 0 Å². The van der Waals surface area contributed by atoms with E-state index in [0.717, 1.165) is 22.5 Å². The Morgan fingerprint density at radius 1 is 1.18 bits per heavy atom. The predicted molar refractivity (Wildman–Crippen MR) is 84.0 cm³/mol. The number of benzene rings is 1. The molecule has 0 saturated carbocycles. The average Bonchev–Trinajstić information content (AvgIpc) is 3.21. The van der Waals surface area contributed by atoms with Crippen LogP contribution in [-0.4, -0.2) is 21.1 Å². The van der Waals surface area contributed by atoms with Crippen molar-refractivity contribution in [1.29, 1.82) is 0 Å². The molecule has 22 heavy (non-hydrogen) atoms. The molecule has 0 amide bonds. The Balaban J connectivity index is 1.90. The summed E-state index contributed by atoms with van der Waals surface area (Å²) in [4.78, 5) is 16.6. The summed E-state index contributed by atoms with van der Waals surface area (Å²) in [5.74, 6) is 0.506. The number of allylic oxidation sites excluding steroid dienone is 1. The van der Waals surface area contributed by atoms with Gasteiger partial charge in [-0.15, -0.1) is 0 Å². The van der Waals surface area contributed by atoms with E-state index in [9.17, 15) is 4.79 Å². The molecule has 108 valence electrons. The second-order valence-electron chi connectivity index (χ2n) is 5.02. The molecule has 6 heteroatoms. The van der Waals surface area contributed by atoms with Crippen LogP contribution in [0.2, 0.25) is 0 Å². The third-order valence-electron chi connectivity index (χ3n) is 3.66. The number of nitrogens with zero attached hydrogens (tertiary/aromatic N) is 2. The van der Waals surface area contributed by atoms with E-state index in [-0.39, 0.29) is 5.56 Å². The lowest BCUT2D eigenvalue weighted by molar-refractivity contribution is 0.431. The van der Waals surface area contributed by atoms with Gasteiger partial charge in [-0.25, -0.2) is 0 Å². The van der Waals surface area contributed by atoms with Crippen LogP contribution in [0.25, 0.3) is 23.1 Å². The standard InChI is InChI=1S/C16H12N4O2/c1-9-11(10-4-2-3-5-13(10)18-9)8-12-15(19-20-16(12)21)14-6-7-17-22-14/h2-8H,1H3,(H2,19,20,21). The predicted octanol–water partition coefficient (Wildman–Crippen LogP) is 3.00. The number of hydrogen-bond acceptors (Lipinski definition) is 4. The molecule has 4 rings (SSSR count). The minimum absolute atomic E-state index is 0.212. The molecule has 0 bridgehead atoms. The largest absolute Gasteiger partial charge is 0.355 e. The van der Waals surface area contributed by atoms with Crippen molar-refractivity contribution in [2.45, 2.75) is 6.92 Å². The summed E-state index contributed by atoms with van der Waals surface area (Å²) in [5.41, 5.74) is 4.61. The number of rotatable bonds is 2. The molecule has 1 aliphatic rings. The lowest BCUT2D eigenvalue weighted by Crippen LogP contribution is -2.03. The van der Waals surface area contributed by atoms with Crippen LogP contribution in [0.4, 0.5) is 5.69 Å².